The van der Waals surface area contributed by atoms with Crippen LogP contribution in [0.3, 0.4) is 0 Å². The molecule has 2 N–H and O–H groups in total. The second-order valence-corrected chi connectivity index (χ2v) is 5.62. The third-order valence-corrected chi connectivity index (χ3v) is 3.75. The smallest absolute Gasteiger partial charge is 0.354 e. The van der Waals surface area contributed by atoms with Crippen molar-refractivity contribution in [3.8, 4) is 11.5 Å². The Balaban J connectivity index is 2.58. The molecule has 0 aliphatic heterocycles. The third-order valence-electron chi connectivity index (χ3n) is 3.75. The van der Waals surface area contributed by atoms with Gasteiger partial charge in [0.1, 0.15) is 5.75 Å². The van der Waals surface area contributed by atoms with Crippen molar-refractivity contribution < 1.29 is 34.4 Å². The van der Waals surface area contributed by atoms with E-state index in [2.05, 4.69) is 4.98 Å². The lowest BCUT2D eigenvalue weighted by Crippen LogP contribution is -2.12. The topological polar surface area (TPSA) is 183 Å². The highest BCUT2D eigenvalue weighted by Crippen LogP contribution is 2.35. The quantitative estimate of drug-likeness (QED) is 0.301. The Morgan fingerprint density at radius 3 is 2.31 bits per heavy atom. The number of ketones is 1. The standard InChI is InChI=1S/C17H13N3O9/c1-8-5-11(19(25)26)15(18-14(8)17(23)24)12(21)4-3-9-6-10(29-2)7-13(22)16(9)20(27)28/h3-7,22H,1-2H3,(H,23,24). The zero-order valence-corrected chi connectivity index (χ0v) is 15.0. The van der Waals surface area contributed by atoms with Gasteiger partial charge < -0.3 is 14.9 Å². The molecule has 12 heteroatoms. The van der Waals surface area contributed by atoms with Gasteiger partial charge in [0.2, 0.25) is 5.78 Å². The molecule has 0 aliphatic carbocycles. The van der Waals surface area contributed by atoms with E-state index < -0.39 is 50.1 Å². The first kappa shape index (κ1) is 21.0. The fourth-order valence-corrected chi connectivity index (χ4v) is 2.44. The highest BCUT2D eigenvalue weighted by Gasteiger charge is 2.26. The summed E-state index contributed by atoms with van der Waals surface area (Å²) in [5.41, 5.74) is -2.95. The number of phenols is 1. The summed E-state index contributed by atoms with van der Waals surface area (Å²) in [6, 6.07) is 3.07. The van der Waals surface area contributed by atoms with E-state index in [0.29, 0.717) is 0 Å². The van der Waals surface area contributed by atoms with Gasteiger partial charge in [0.05, 0.1) is 22.5 Å². The van der Waals surface area contributed by atoms with Gasteiger partial charge in [0.15, 0.2) is 17.1 Å². The Morgan fingerprint density at radius 1 is 1.14 bits per heavy atom. The minimum Gasteiger partial charge on any atom is -0.502 e. The van der Waals surface area contributed by atoms with Crippen LogP contribution in [0.15, 0.2) is 24.3 Å². The van der Waals surface area contributed by atoms with Gasteiger partial charge in [-0.1, -0.05) is 0 Å². The van der Waals surface area contributed by atoms with E-state index in [1.165, 1.54) is 20.1 Å². The predicted octanol–water partition coefficient (Wildman–Crippen LogP) is 2.51. The molecular weight excluding hydrogens is 390 g/mol. The first-order valence-electron chi connectivity index (χ1n) is 7.74. The van der Waals surface area contributed by atoms with Gasteiger partial charge in [-0.25, -0.2) is 9.78 Å². The SMILES string of the molecule is COc1cc(O)c([N+](=O)[O-])c(C=CC(=O)c2nc(C(=O)O)c(C)cc2[N+](=O)[O-])c1. The van der Waals surface area contributed by atoms with Crippen molar-refractivity contribution in [3.63, 3.8) is 0 Å². The summed E-state index contributed by atoms with van der Waals surface area (Å²) < 4.78 is 4.90. The molecular formula is C17H13N3O9. The van der Waals surface area contributed by atoms with Crippen LogP contribution in [0.2, 0.25) is 0 Å². The molecule has 0 fully saturated rings. The van der Waals surface area contributed by atoms with Gasteiger partial charge in [-0.3, -0.25) is 25.0 Å². The Hall–Kier alpha value is -4.35. The van der Waals surface area contributed by atoms with Crippen molar-refractivity contribution in [1.29, 1.82) is 0 Å². The molecule has 0 spiro atoms. The molecule has 0 bridgehead atoms. The Kier molecular flexibility index (Phi) is 5.87. The Bertz CT molecular complexity index is 1080. The van der Waals surface area contributed by atoms with E-state index in [9.17, 15) is 34.9 Å². The molecule has 1 heterocycles. The lowest BCUT2D eigenvalue weighted by Gasteiger charge is -2.05. The minimum absolute atomic E-state index is 0.0157. The fourth-order valence-electron chi connectivity index (χ4n) is 2.44. The van der Waals surface area contributed by atoms with E-state index in [1.54, 1.807) is 0 Å². The third kappa shape index (κ3) is 4.32. The number of nitrogens with zero attached hydrogens (tertiary/aromatic N) is 3. The van der Waals surface area contributed by atoms with Crippen LogP contribution >= 0.6 is 0 Å². The molecule has 2 aromatic rings. The van der Waals surface area contributed by atoms with Crippen LogP contribution in [0.1, 0.15) is 32.1 Å². The molecule has 2 rings (SSSR count). The molecule has 1 aromatic heterocycles. The van der Waals surface area contributed by atoms with E-state index in [-0.39, 0.29) is 16.9 Å². The monoisotopic (exact) mass is 403 g/mol. The average molecular weight is 403 g/mol. The number of allylic oxidation sites excluding steroid dienone is 1. The van der Waals surface area contributed by atoms with Gasteiger partial charge in [0, 0.05) is 12.1 Å². The van der Waals surface area contributed by atoms with Crippen LogP contribution in [0, 0.1) is 27.2 Å². The molecule has 1 aromatic carbocycles. The zero-order valence-electron chi connectivity index (χ0n) is 15.0. The Morgan fingerprint density at radius 2 is 1.79 bits per heavy atom. The van der Waals surface area contributed by atoms with Crippen molar-refractivity contribution in [3.05, 3.63) is 67.0 Å². The summed E-state index contributed by atoms with van der Waals surface area (Å²) in [4.78, 5) is 47.8. The second-order valence-electron chi connectivity index (χ2n) is 5.62. The first-order chi connectivity index (χ1) is 13.6. The number of hydrogen-bond donors (Lipinski definition) is 2. The maximum Gasteiger partial charge on any atom is 0.354 e. The van der Waals surface area contributed by atoms with Crippen LogP contribution < -0.4 is 4.74 Å². The molecule has 0 saturated carbocycles. The van der Waals surface area contributed by atoms with E-state index in [0.717, 1.165) is 24.3 Å². The number of rotatable bonds is 7. The van der Waals surface area contributed by atoms with Crippen molar-refractivity contribution >= 4 is 29.2 Å². The number of methoxy groups -OCH3 is 1. The number of aromatic hydroxyl groups is 1. The Labute approximate surface area is 162 Å². The van der Waals surface area contributed by atoms with Gasteiger partial charge in [-0.2, -0.15) is 0 Å². The number of nitro benzene ring substituents is 1. The minimum atomic E-state index is -1.48. The molecule has 150 valence electrons. The van der Waals surface area contributed by atoms with Crippen molar-refractivity contribution in [2.45, 2.75) is 6.92 Å². The van der Waals surface area contributed by atoms with Crippen LogP contribution in [0.5, 0.6) is 11.5 Å². The van der Waals surface area contributed by atoms with E-state index >= 15 is 0 Å². The normalized spacial score (nSPS) is 10.7. The van der Waals surface area contributed by atoms with Gasteiger partial charge >= 0.3 is 11.7 Å². The summed E-state index contributed by atoms with van der Waals surface area (Å²) in [5.74, 6) is -3.19. The number of carbonyl (C=O) groups excluding carboxylic acids is 1. The zero-order chi connectivity index (χ0) is 21.9. The maximum atomic E-state index is 12.4. The largest absolute Gasteiger partial charge is 0.502 e. The predicted molar refractivity (Wildman–Crippen MR) is 97.3 cm³/mol. The highest BCUT2D eigenvalue weighted by atomic mass is 16.6. The van der Waals surface area contributed by atoms with Gasteiger partial charge in [0.25, 0.3) is 5.69 Å². The maximum absolute atomic E-state index is 12.4. The summed E-state index contributed by atoms with van der Waals surface area (Å²) in [6.45, 7) is 1.29. The summed E-state index contributed by atoms with van der Waals surface area (Å²) >= 11 is 0. The molecule has 0 unspecified atom stereocenters. The number of carboxylic acid groups (broad SMARTS) is 1. The number of aryl methyl sites for hydroxylation is 1. The number of aromatic nitrogens is 1. The number of benzene rings is 1. The summed E-state index contributed by atoms with van der Waals surface area (Å²) in [6.07, 6.45) is 1.69. The lowest BCUT2D eigenvalue weighted by molar-refractivity contribution is -0.386. The van der Waals surface area contributed by atoms with E-state index in [4.69, 9.17) is 9.84 Å². The number of hydrogen-bond acceptors (Lipinski definition) is 9. The van der Waals surface area contributed by atoms with E-state index in [1.807, 2.05) is 0 Å². The number of nitro groups is 2. The van der Waals surface area contributed by atoms with Crippen LogP contribution in [0.25, 0.3) is 6.08 Å². The average Bonchev–Trinajstić information content (AvgIpc) is 2.64. The van der Waals surface area contributed by atoms with Crippen LogP contribution in [0.4, 0.5) is 11.4 Å². The number of carboxylic acids is 1. The number of carbonyl (C=O) groups is 2. The number of pyridine rings is 1. The molecule has 0 atom stereocenters. The summed E-state index contributed by atoms with van der Waals surface area (Å²) in [7, 11) is 1.26. The molecule has 12 nitrogen and oxygen atoms in total. The molecule has 29 heavy (non-hydrogen) atoms. The van der Waals surface area contributed by atoms with Gasteiger partial charge in [-0.05, 0) is 30.7 Å². The highest BCUT2D eigenvalue weighted by molar-refractivity contribution is 6.09. The van der Waals surface area contributed by atoms with Crippen molar-refractivity contribution in [2.24, 2.45) is 0 Å². The van der Waals surface area contributed by atoms with Crippen molar-refractivity contribution in [1.82, 2.24) is 4.98 Å². The second kappa shape index (κ2) is 8.12. The van der Waals surface area contributed by atoms with Crippen LogP contribution in [-0.2, 0) is 0 Å². The van der Waals surface area contributed by atoms with Gasteiger partial charge in [-0.15, -0.1) is 0 Å². The molecule has 0 amide bonds. The van der Waals surface area contributed by atoms with Crippen LogP contribution in [-0.4, -0.2) is 43.9 Å². The van der Waals surface area contributed by atoms with Crippen molar-refractivity contribution in [2.75, 3.05) is 7.11 Å². The molecule has 0 aliphatic rings. The number of aromatic carboxylic acids is 1. The molecule has 0 radical (unpaired) electrons. The fraction of sp³-hybridized carbons (Fsp3) is 0.118. The first-order valence-corrected chi connectivity index (χ1v) is 7.74. The lowest BCUT2D eigenvalue weighted by atomic mass is 10.1. The summed E-state index contributed by atoms with van der Waals surface area (Å²) in [5, 5.41) is 41.3. The number of phenolic OH excluding ortho intramolecular Hbond substituents is 1. The number of ether oxygens (including phenoxy) is 1. The molecule has 0 saturated heterocycles.